The Morgan fingerprint density at radius 2 is 2.17 bits per heavy atom. The van der Waals surface area contributed by atoms with Crippen molar-refractivity contribution in [2.75, 3.05) is 0 Å². The first kappa shape index (κ1) is 14.0. The number of thioether (sulfide) groups is 1. The number of hydrogen-bond donors (Lipinski definition) is 0. The Bertz CT molecular complexity index is 440. The van der Waals surface area contributed by atoms with Crippen LogP contribution in [-0.4, -0.2) is 5.25 Å². The molecule has 0 radical (unpaired) electrons. The van der Waals surface area contributed by atoms with Crippen LogP contribution in [0.5, 0.6) is 0 Å². The maximum atomic E-state index is 9.29. The standard InChI is InChI=1S/C15H18BrNS/c1-2-11-7-8-12(10-17)15(9-11)18-14-6-4-3-5-13(14)16/h3-6,11-12,15H,2,7-9H2,1H3. The van der Waals surface area contributed by atoms with E-state index in [1.54, 1.807) is 0 Å². The van der Waals surface area contributed by atoms with Gasteiger partial charge in [0.2, 0.25) is 0 Å². The number of rotatable bonds is 3. The highest BCUT2D eigenvalue weighted by Gasteiger charge is 2.30. The summed E-state index contributed by atoms with van der Waals surface area (Å²) < 4.78 is 1.14. The molecule has 96 valence electrons. The van der Waals surface area contributed by atoms with Crippen LogP contribution in [-0.2, 0) is 0 Å². The Hall–Kier alpha value is -0.460. The molecule has 2 rings (SSSR count). The van der Waals surface area contributed by atoms with E-state index in [1.165, 1.54) is 24.2 Å². The molecule has 0 amide bonds. The molecular formula is C15H18BrNS. The fraction of sp³-hybridized carbons (Fsp3) is 0.533. The molecule has 1 aliphatic rings. The molecule has 3 atom stereocenters. The molecule has 0 aliphatic heterocycles. The van der Waals surface area contributed by atoms with E-state index in [4.69, 9.17) is 0 Å². The van der Waals surface area contributed by atoms with E-state index in [1.807, 2.05) is 17.8 Å². The number of benzene rings is 1. The first-order chi connectivity index (χ1) is 8.74. The first-order valence-corrected chi connectivity index (χ1v) is 8.22. The molecule has 0 aromatic heterocycles. The monoisotopic (exact) mass is 323 g/mol. The van der Waals surface area contributed by atoms with E-state index in [-0.39, 0.29) is 5.92 Å². The summed E-state index contributed by atoms with van der Waals surface area (Å²) in [6, 6.07) is 10.8. The Labute approximate surface area is 122 Å². The van der Waals surface area contributed by atoms with Gasteiger partial charge >= 0.3 is 0 Å². The molecule has 0 bridgehead atoms. The minimum absolute atomic E-state index is 0.213. The van der Waals surface area contributed by atoms with Gasteiger partial charge in [-0.15, -0.1) is 11.8 Å². The fourth-order valence-corrected chi connectivity index (χ4v) is 4.52. The van der Waals surface area contributed by atoms with Gasteiger partial charge in [-0.05, 0) is 53.2 Å². The summed E-state index contributed by atoms with van der Waals surface area (Å²) in [5.74, 6) is 1.01. The van der Waals surface area contributed by atoms with E-state index < -0.39 is 0 Å². The Morgan fingerprint density at radius 3 is 2.83 bits per heavy atom. The minimum Gasteiger partial charge on any atom is -0.198 e. The normalized spacial score (nSPS) is 27.7. The van der Waals surface area contributed by atoms with Gasteiger partial charge in [-0.2, -0.15) is 5.26 Å². The molecule has 3 unspecified atom stereocenters. The van der Waals surface area contributed by atoms with Gasteiger partial charge in [-0.25, -0.2) is 0 Å². The second kappa shape index (κ2) is 6.63. The van der Waals surface area contributed by atoms with Crippen LogP contribution in [0.3, 0.4) is 0 Å². The average molecular weight is 324 g/mol. The van der Waals surface area contributed by atoms with Crippen molar-refractivity contribution in [3.05, 3.63) is 28.7 Å². The number of nitrogens with zero attached hydrogens (tertiary/aromatic N) is 1. The fourth-order valence-electron chi connectivity index (χ4n) is 2.56. The third-order valence-corrected chi connectivity index (χ3v) is 6.15. The van der Waals surface area contributed by atoms with Crippen molar-refractivity contribution in [2.45, 2.75) is 42.8 Å². The minimum atomic E-state index is 0.213. The van der Waals surface area contributed by atoms with E-state index in [0.29, 0.717) is 5.25 Å². The summed E-state index contributed by atoms with van der Waals surface area (Å²) in [7, 11) is 0. The van der Waals surface area contributed by atoms with Gasteiger partial charge in [-0.1, -0.05) is 25.5 Å². The van der Waals surface area contributed by atoms with E-state index in [0.717, 1.165) is 16.8 Å². The first-order valence-electron chi connectivity index (χ1n) is 6.55. The zero-order valence-corrected chi connectivity index (χ0v) is 13.0. The van der Waals surface area contributed by atoms with Crippen LogP contribution in [0.1, 0.15) is 32.6 Å². The van der Waals surface area contributed by atoms with Crippen molar-refractivity contribution >= 4 is 27.7 Å². The summed E-state index contributed by atoms with van der Waals surface area (Å²) >= 11 is 5.47. The van der Waals surface area contributed by atoms with Crippen LogP contribution in [0.25, 0.3) is 0 Å². The highest BCUT2D eigenvalue weighted by Crippen LogP contribution is 2.42. The molecule has 1 nitrogen and oxygen atoms in total. The van der Waals surface area contributed by atoms with Gasteiger partial charge in [-0.3, -0.25) is 0 Å². The molecular weight excluding hydrogens is 306 g/mol. The zero-order valence-electron chi connectivity index (χ0n) is 10.6. The van der Waals surface area contributed by atoms with E-state index in [9.17, 15) is 5.26 Å². The predicted molar refractivity (Wildman–Crippen MR) is 80.5 cm³/mol. The third-order valence-electron chi connectivity index (χ3n) is 3.76. The summed E-state index contributed by atoms with van der Waals surface area (Å²) in [6.07, 6.45) is 4.71. The largest absolute Gasteiger partial charge is 0.198 e. The van der Waals surface area contributed by atoms with Crippen molar-refractivity contribution in [1.29, 1.82) is 5.26 Å². The lowest BCUT2D eigenvalue weighted by atomic mass is 9.81. The van der Waals surface area contributed by atoms with E-state index >= 15 is 0 Å². The summed E-state index contributed by atoms with van der Waals surface area (Å²) in [5.41, 5.74) is 0. The molecule has 1 aliphatic carbocycles. The lowest BCUT2D eigenvalue weighted by Gasteiger charge is -2.32. The van der Waals surface area contributed by atoms with Crippen molar-refractivity contribution in [1.82, 2.24) is 0 Å². The van der Waals surface area contributed by atoms with Crippen LogP contribution in [0.15, 0.2) is 33.6 Å². The Kier molecular flexibility index (Phi) is 5.14. The van der Waals surface area contributed by atoms with Gasteiger partial charge in [0.1, 0.15) is 0 Å². The lowest BCUT2D eigenvalue weighted by Crippen LogP contribution is -2.25. The number of halogens is 1. The smallest absolute Gasteiger partial charge is 0.0667 e. The Balaban J connectivity index is 2.10. The van der Waals surface area contributed by atoms with Crippen LogP contribution in [0.4, 0.5) is 0 Å². The van der Waals surface area contributed by atoms with Crippen molar-refractivity contribution in [2.24, 2.45) is 11.8 Å². The number of hydrogen-bond acceptors (Lipinski definition) is 2. The molecule has 1 aromatic carbocycles. The summed E-state index contributed by atoms with van der Waals surface area (Å²) in [6.45, 7) is 2.26. The molecule has 1 saturated carbocycles. The second-order valence-corrected chi connectivity index (χ2v) is 7.05. The molecule has 1 aromatic rings. The SMILES string of the molecule is CCC1CCC(C#N)C(Sc2ccccc2Br)C1. The maximum absolute atomic E-state index is 9.29. The van der Waals surface area contributed by atoms with Gasteiger partial charge in [0, 0.05) is 14.6 Å². The van der Waals surface area contributed by atoms with Crippen molar-refractivity contribution < 1.29 is 0 Å². The maximum Gasteiger partial charge on any atom is 0.0667 e. The second-order valence-electron chi connectivity index (χ2n) is 4.91. The zero-order chi connectivity index (χ0) is 13.0. The molecule has 0 spiro atoms. The van der Waals surface area contributed by atoms with Crippen LogP contribution >= 0.6 is 27.7 Å². The highest BCUT2D eigenvalue weighted by molar-refractivity contribution is 9.10. The molecule has 3 heteroatoms. The number of nitriles is 1. The van der Waals surface area contributed by atoms with E-state index in [2.05, 4.69) is 47.1 Å². The molecule has 0 heterocycles. The van der Waals surface area contributed by atoms with Crippen molar-refractivity contribution in [3.8, 4) is 6.07 Å². The molecule has 0 saturated heterocycles. The predicted octanol–water partition coefficient (Wildman–Crippen LogP) is 5.26. The van der Waals surface area contributed by atoms with Crippen LogP contribution in [0.2, 0.25) is 0 Å². The molecule has 18 heavy (non-hydrogen) atoms. The average Bonchev–Trinajstić information content (AvgIpc) is 2.41. The van der Waals surface area contributed by atoms with Gasteiger partial charge in [0.05, 0.1) is 12.0 Å². The summed E-state index contributed by atoms with van der Waals surface area (Å²) in [4.78, 5) is 1.26. The highest BCUT2D eigenvalue weighted by atomic mass is 79.9. The van der Waals surface area contributed by atoms with Gasteiger partial charge in [0.15, 0.2) is 0 Å². The molecule has 1 fully saturated rings. The quantitative estimate of drug-likeness (QED) is 0.757. The van der Waals surface area contributed by atoms with Crippen molar-refractivity contribution in [3.63, 3.8) is 0 Å². The lowest BCUT2D eigenvalue weighted by molar-refractivity contribution is 0.317. The van der Waals surface area contributed by atoms with Gasteiger partial charge < -0.3 is 0 Å². The third kappa shape index (κ3) is 3.30. The molecule has 0 N–H and O–H groups in total. The Morgan fingerprint density at radius 1 is 1.39 bits per heavy atom. The van der Waals surface area contributed by atoms with Crippen LogP contribution < -0.4 is 0 Å². The van der Waals surface area contributed by atoms with Gasteiger partial charge in [0.25, 0.3) is 0 Å². The van der Waals surface area contributed by atoms with Crippen LogP contribution in [0, 0.1) is 23.2 Å². The summed E-state index contributed by atoms with van der Waals surface area (Å²) in [5, 5.41) is 9.74. The topological polar surface area (TPSA) is 23.8 Å².